The molecule has 9 heteroatoms. The molecule has 5 N–H and O–H groups in total. The average Bonchev–Trinajstić information content (AvgIpc) is 2.36. The normalized spacial score (nSPS) is 11.4. The molecule has 1 unspecified atom stereocenters. The number of hydrogen-bond donors (Lipinski definition) is 3. The number of carbonyl (C=O) groups excluding carboxylic acids is 2. The molecule has 0 radical (unpaired) electrons. The van der Waals surface area contributed by atoms with Gasteiger partial charge in [0, 0.05) is 6.54 Å². The molecule has 1 atom stereocenters. The predicted molar refractivity (Wildman–Crippen MR) is 74.0 cm³/mol. The second-order valence-corrected chi connectivity index (χ2v) is 4.02. The molecule has 21 heavy (non-hydrogen) atoms. The summed E-state index contributed by atoms with van der Waals surface area (Å²) in [6, 6.07) is 4.76. The molecule has 0 bridgehead atoms. The molecule has 0 spiro atoms. The highest BCUT2D eigenvalue weighted by Gasteiger charge is 2.15. The Morgan fingerprint density at radius 1 is 1.24 bits per heavy atom. The predicted octanol–water partition coefficient (Wildman–Crippen LogP) is 0.529. The number of rotatable bonds is 7. The molecule has 0 heterocycles. The highest BCUT2D eigenvalue weighted by atomic mass is 35.5. The van der Waals surface area contributed by atoms with Crippen LogP contribution in [0.2, 0.25) is 0 Å². The molecule has 0 aromatic heterocycles. The van der Waals surface area contributed by atoms with E-state index in [4.69, 9.17) is 11.5 Å². The van der Waals surface area contributed by atoms with Crippen LogP contribution >= 0.6 is 12.4 Å². The molecule has 1 aromatic rings. The zero-order chi connectivity index (χ0) is 15.1. The summed E-state index contributed by atoms with van der Waals surface area (Å²) in [5, 5.41) is 2.50. The van der Waals surface area contributed by atoms with Gasteiger partial charge in [-0.15, -0.1) is 12.4 Å². The Balaban J connectivity index is 0.00000400. The van der Waals surface area contributed by atoms with E-state index in [0.29, 0.717) is 5.56 Å². The van der Waals surface area contributed by atoms with Crippen LogP contribution in [0.4, 0.5) is 8.78 Å². The first-order valence-electron chi connectivity index (χ1n) is 5.74. The van der Waals surface area contributed by atoms with Gasteiger partial charge in [0.1, 0.15) is 5.75 Å². The summed E-state index contributed by atoms with van der Waals surface area (Å²) < 4.78 is 28.1. The second-order valence-electron chi connectivity index (χ2n) is 4.02. The van der Waals surface area contributed by atoms with Gasteiger partial charge in [-0.1, -0.05) is 12.1 Å². The molecule has 0 saturated heterocycles. The Bertz CT molecular complexity index is 471. The lowest BCUT2D eigenvalue weighted by Gasteiger charge is -2.11. The Morgan fingerprint density at radius 3 is 2.29 bits per heavy atom. The molecule has 0 aliphatic heterocycles. The van der Waals surface area contributed by atoms with Crippen molar-refractivity contribution in [1.82, 2.24) is 5.32 Å². The molecular formula is C12H16ClF2N3O3. The lowest BCUT2D eigenvalue weighted by Crippen LogP contribution is -2.42. The van der Waals surface area contributed by atoms with E-state index in [1.54, 1.807) is 0 Å². The summed E-state index contributed by atoms with van der Waals surface area (Å²) in [5.74, 6) is -1.15. The van der Waals surface area contributed by atoms with Crippen LogP contribution in [0.1, 0.15) is 12.0 Å². The summed E-state index contributed by atoms with van der Waals surface area (Å²) in [4.78, 5) is 22.1. The zero-order valence-electron chi connectivity index (χ0n) is 10.9. The van der Waals surface area contributed by atoms with Gasteiger partial charge in [0.15, 0.2) is 0 Å². The Hall–Kier alpha value is -1.93. The Kier molecular flexibility index (Phi) is 8.25. The van der Waals surface area contributed by atoms with Crippen molar-refractivity contribution in [3.63, 3.8) is 0 Å². The number of halogens is 3. The van der Waals surface area contributed by atoms with Crippen molar-refractivity contribution in [1.29, 1.82) is 0 Å². The smallest absolute Gasteiger partial charge is 0.387 e. The quantitative estimate of drug-likeness (QED) is 0.680. The van der Waals surface area contributed by atoms with E-state index in [-0.39, 0.29) is 31.1 Å². The van der Waals surface area contributed by atoms with Crippen LogP contribution in [-0.2, 0) is 16.1 Å². The largest absolute Gasteiger partial charge is 0.435 e. The fraction of sp³-hybridized carbons (Fsp3) is 0.333. The van der Waals surface area contributed by atoms with Crippen molar-refractivity contribution in [2.24, 2.45) is 11.5 Å². The molecule has 0 saturated carbocycles. The molecule has 0 fully saturated rings. The SMILES string of the molecule is Cl.NC(=O)CC(N)C(=O)NCc1ccc(OC(F)F)cc1. The zero-order valence-corrected chi connectivity index (χ0v) is 11.7. The van der Waals surface area contributed by atoms with Crippen LogP contribution < -0.4 is 21.5 Å². The average molecular weight is 324 g/mol. The van der Waals surface area contributed by atoms with Crippen molar-refractivity contribution >= 4 is 24.2 Å². The second kappa shape index (κ2) is 9.09. The van der Waals surface area contributed by atoms with E-state index < -0.39 is 24.5 Å². The van der Waals surface area contributed by atoms with Gasteiger partial charge in [0.05, 0.1) is 12.5 Å². The number of hydrogen-bond acceptors (Lipinski definition) is 4. The monoisotopic (exact) mass is 323 g/mol. The van der Waals surface area contributed by atoms with Crippen molar-refractivity contribution in [3.05, 3.63) is 29.8 Å². The maximum atomic E-state index is 11.9. The molecule has 6 nitrogen and oxygen atoms in total. The molecular weight excluding hydrogens is 308 g/mol. The number of carbonyl (C=O) groups is 2. The van der Waals surface area contributed by atoms with Gasteiger partial charge in [-0.25, -0.2) is 0 Å². The van der Waals surface area contributed by atoms with Gasteiger partial charge < -0.3 is 21.5 Å². The number of amides is 2. The minimum atomic E-state index is -2.88. The number of nitrogens with one attached hydrogen (secondary N) is 1. The van der Waals surface area contributed by atoms with Crippen LogP contribution in [0.15, 0.2) is 24.3 Å². The van der Waals surface area contributed by atoms with E-state index in [2.05, 4.69) is 10.1 Å². The van der Waals surface area contributed by atoms with E-state index in [1.807, 2.05) is 0 Å². The maximum absolute atomic E-state index is 11.9. The van der Waals surface area contributed by atoms with Gasteiger partial charge in [-0.3, -0.25) is 9.59 Å². The summed E-state index contributed by atoms with van der Waals surface area (Å²) in [6.45, 7) is -2.73. The highest BCUT2D eigenvalue weighted by Crippen LogP contribution is 2.14. The Labute approximate surface area is 126 Å². The molecule has 2 amide bonds. The van der Waals surface area contributed by atoms with E-state index in [1.165, 1.54) is 24.3 Å². The first-order chi connectivity index (χ1) is 9.38. The number of primary amides is 1. The van der Waals surface area contributed by atoms with Crippen LogP contribution in [0.25, 0.3) is 0 Å². The fourth-order valence-electron chi connectivity index (χ4n) is 1.42. The molecule has 1 rings (SSSR count). The van der Waals surface area contributed by atoms with Gasteiger partial charge >= 0.3 is 6.61 Å². The third-order valence-electron chi connectivity index (χ3n) is 2.37. The molecule has 0 aliphatic rings. The lowest BCUT2D eigenvalue weighted by atomic mass is 10.2. The van der Waals surface area contributed by atoms with E-state index >= 15 is 0 Å². The summed E-state index contributed by atoms with van der Waals surface area (Å²) in [5.41, 5.74) is 11.0. The fourth-order valence-corrected chi connectivity index (χ4v) is 1.42. The van der Waals surface area contributed by atoms with E-state index in [0.717, 1.165) is 0 Å². The van der Waals surface area contributed by atoms with Crippen molar-refractivity contribution in [2.75, 3.05) is 0 Å². The van der Waals surface area contributed by atoms with Crippen molar-refractivity contribution in [2.45, 2.75) is 25.6 Å². The third kappa shape index (κ3) is 7.42. The third-order valence-corrected chi connectivity index (χ3v) is 2.37. The number of ether oxygens (including phenoxy) is 1. The van der Waals surface area contributed by atoms with E-state index in [9.17, 15) is 18.4 Å². The first-order valence-corrected chi connectivity index (χ1v) is 5.74. The minimum Gasteiger partial charge on any atom is -0.435 e. The molecule has 1 aromatic carbocycles. The van der Waals surface area contributed by atoms with Gasteiger partial charge in [0.25, 0.3) is 0 Å². The van der Waals surface area contributed by atoms with Crippen LogP contribution in [0.3, 0.4) is 0 Å². The first kappa shape index (κ1) is 19.1. The van der Waals surface area contributed by atoms with Gasteiger partial charge in [0.2, 0.25) is 11.8 Å². The number of benzene rings is 1. The summed E-state index contributed by atoms with van der Waals surface area (Å²) in [6.07, 6.45) is -0.243. The van der Waals surface area contributed by atoms with Crippen molar-refractivity contribution < 1.29 is 23.1 Å². The van der Waals surface area contributed by atoms with Crippen LogP contribution in [0.5, 0.6) is 5.75 Å². The van der Waals surface area contributed by atoms with Gasteiger partial charge in [-0.2, -0.15) is 8.78 Å². The highest BCUT2D eigenvalue weighted by molar-refractivity contribution is 5.87. The number of nitrogens with two attached hydrogens (primary N) is 2. The summed E-state index contributed by atoms with van der Waals surface area (Å²) >= 11 is 0. The molecule has 0 aliphatic carbocycles. The van der Waals surface area contributed by atoms with Crippen LogP contribution in [-0.4, -0.2) is 24.5 Å². The summed E-state index contributed by atoms with van der Waals surface area (Å²) in [7, 11) is 0. The Morgan fingerprint density at radius 2 is 1.81 bits per heavy atom. The lowest BCUT2D eigenvalue weighted by molar-refractivity contribution is -0.126. The van der Waals surface area contributed by atoms with Crippen LogP contribution in [0, 0.1) is 0 Å². The number of alkyl halides is 2. The topological polar surface area (TPSA) is 107 Å². The maximum Gasteiger partial charge on any atom is 0.387 e. The molecule has 118 valence electrons. The minimum absolute atomic E-state index is 0. The standard InChI is InChI=1S/C12H15F2N3O3.ClH/c13-12(14)20-8-3-1-7(2-4-8)6-17-11(19)9(15)5-10(16)18;/h1-4,9,12H,5-6,15H2,(H2,16,18)(H,17,19);1H. The van der Waals surface area contributed by atoms with Gasteiger partial charge in [-0.05, 0) is 17.7 Å². The van der Waals surface area contributed by atoms with Crippen molar-refractivity contribution in [3.8, 4) is 5.75 Å².